The number of hydrogen-bond acceptors (Lipinski definition) is 5. The number of furan rings is 1. The van der Waals surface area contributed by atoms with Gasteiger partial charge in [-0.2, -0.15) is 0 Å². The molecule has 1 atom stereocenters. The molecule has 0 unspecified atom stereocenters. The Kier molecular flexibility index (Phi) is 6.02. The summed E-state index contributed by atoms with van der Waals surface area (Å²) < 4.78 is 12.0. The van der Waals surface area contributed by atoms with Crippen LogP contribution in [0.3, 0.4) is 0 Å². The molecule has 148 valence electrons. The molecule has 0 bridgehead atoms. The largest absolute Gasteiger partial charge is 0.489 e. The molecule has 6 heteroatoms. The van der Waals surface area contributed by atoms with Gasteiger partial charge in [-0.15, -0.1) is 0 Å². The van der Waals surface area contributed by atoms with E-state index in [-0.39, 0.29) is 11.2 Å². The van der Waals surface area contributed by atoms with Crippen LogP contribution in [0.15, 0.2) is 71.3 Å². The van der Waals surface area contributed by atoms with E-state index in [1.165, 1.54) is 17.3 Å². The van der Waals surface area contributed by atoms with E-state index < -0.39 is 0 Å². The molecule has 1 aromatic heterocycles. The third-order valence-corrected chi connectivity index (χ3v) is 6.34. The van der Waals surface area contributed by atoms with Gasteiger partial charge in [0.2, 0.25) is 5.91 Å². The monoisotopic (exact) mass is 423 g/mol. The fourth-order valence-electron chi connectivity index (χ4n) is 3.31. The predicted octanol–water partition coefficient (Wildman–Crippen LogP) is 5.14. The number of thiocarbonyl (C=S) groups is 1. The molecule has 0 radical (unpaired) electrons. The molecule has 29 heavy (non-hydrogen) atoms. The number of carbonyl (C=O) groups excluding carboxylic acids is 1. The Hall–Kier alpha value is -2.57. The van der Waals surface area contributed by atoms with Crippen LogP contribution in [-0.2, 0) is 24.4 Å². The zero-order chi connectivity index (χ0) is 20.2. The summed E-state index contributed by atoms with van der Waals surface area (Å²) >= 11 is 6.87. The molecule has 0 saturated carbocycles. The highest BCUT2D eigenvalue weighted by molar-refractivity contribution is 8.24. The molecule has 4 nitrogen and oxygen atoms in total. The van der Waals surface area contributed by atoms with Gasteiger partial charge in [-0.25, -0.2) is 0 Å². The zero-order valence-corrected chi connectivity index (χ0v) is 17.7. The van der Waals surface area contributed by atoms with Gasteiger partial charge in [0.25, 0.3) is 0 Å². The van der Waals surface area contributed by atoms with Gasteiger partial charge in [0.15, 0.2) is 0 Å². The van der Waals surface area contributed by atoms with Crippen LogP contribution in [-0.4, -0.2) is 20.4 Å². The van der Waals surface area contributed by atoms with E-state index in [4.69, 9.17) is 21.4 Å². The Morgan fingerprint density at radius 3 is 2.79 bits per heavy atom. The van der Waals surface area contributed by atoms with Crippen molar-refractivity contribution in [2.24, 2.45) is 0 Å². The van der Waals surface area contributed by atoms with Crippen molar-refractivity contribution in [1.29, 1.82) is 0 Å². The second kappa shape index (κ2) is 8.84. The van der Waals surface area contributed by atoms with Crippen molar-refractivity contribution in [2.45, 2.75) is 31.7 Å². The van der Waals surface area contributed by atoms with Gasteiger partial charge in [-0.3, -0.25) is 9.69 Å². The van der Waals surface area contributed by atoms with E-state index in [0.29, 0.717) is 23.9 Å². The van der Waals surface area contributed by atoms with Crippen LogP contribution in [0.2, 0.25) is 0 Å². The van der Waals surface area contributed by atoms with E-state index in [9.17, 15) is 4.79 Å². The number of aryl methyl sites for hydroxylation is 1. The molecule has 1 fully saturated rings. The van der Waals surface area contributed by atoms with Crippen LogP contribution >= 0.6 is 24.0 Å². The first-order chi connectivity index (χ1) is 14.1. The second-order valence-electron chi connectivity index (χ2n) is 6.97. The molecule has 3 aromatic rings. The van der Waals surface area contributed by atoms with Crippen LogP contribution in [0, 0.1) is 6.92 Å². The topological polar surface area (TPSA) is 42.7 Å². The summed E-state index contributed by atoms with van der Waals surface area (Å²) in [5.41, 5.74) is 3.34. The van der Waals surface area contributed by atoms with E-state index in [2.05, 4.69) is 25.1 Å². The summed E-state index contributed by atoms with van der Waals surface area (Å²) in [5.74, 6) is 1.55. The number of thioether (sulfide) groups is 1. The average Bonchev–Trinajstić information content (AvgIpc) is 3.32. The van der Waals surface area contributed by atoms with Crippen molar-refractivity contribution in [3.63, 3.8) is 0 Å². The maximum Gasteiger partial charge on any atom is 0.242 e. The fraction of sp³-hybridized carbons (Fsp3) is 0.217. The van der Waals surface area contributed by atoms with Crippen molar-refractivity contribution < 1.29 is 13.9 Å². The molecule has 2 aromatic carbocycles. The Balaban J connectivity index is 1.44. The minimum Gasteiger partial charge on any atom is -0.489 e. The smallest absolute Gasteiger partial charge is 0.242 e. The zero-order valence-electron chi connectivity index (χ0n) is 16.0. The van der Waals surface area contributed by atoms with E-state index in [1.54, 1.807) is 11.2 Å². The van der Waals surface area contributed by atoms with Gasteiger partial charge in [-0.1, -0.05) is 72.0 Å². The summed E-state index contributed by atoms with van der Waals surface area (Å²) in [6.07, 6.45) is 2.17. The Bertz CT molecular complexity index is 1020. The quantitative estimate of drug-likeness (QED) is 0.492. The molecule has 2 heterocycles. The minimum absolute atomic E-state index is 0.0184. The van der Waals surface area contributed by atoms with Gasteiger partial charge in [0, 0.05) is 0 Å². The first-order valence-electron chi connectivity index (χ1n) is 9.41. The Morgan fingerprint density at radius 1 is 1.14 bits per heavy atom. The molecule has 1 aliphatic heterocycles. The molecular weight excluding hydrogens is 402 g/mol. The van der Waals surface area contributed by atoms with E-state index in [0.717, 1.165) is 22.6 Å². The van der Waals surface area contributed by atoms with Crippen molar-refractivity contribution in [1.82, 2.24) is 4.90 Å². The van der Waals surface area contributed by atoms with Crippen LogP contribution in [0.25, 0.3) is 0 Å². The van der Waals surface area contributed by atoms with Gasteiger partial charge in [-0.05, 0) is 42.7 Å². The molecular formula is C23H21NO3S2. The predicted molar refractivity (Wildman–Crippen MR) is 119 cm³/mol. The lowest BCUT2D eigenvalue weighted by molar-refractivity contribution is -0.126. The maximum atomic E-state index is 12.9. The van der Waals surface area contributed by atoms with Crippen molar-refractivity contribution in [2.75, 3.05) is 0 Å². The lowest BCUT2D eigenvalue weighted by Crippen LogP contribution is -2.31. The van der Waals surface area contributed by atoms with Crippen LogP contribution in [0.1, 0.15) is 22.5 Å². The summed E-state index contributed by atoms with van der Waals surface area (Å²) in [4.78, 5) is 14.5. The Morgan fingerprint density at radius 2 is 2.00 bits per heavy atom. The minimum atomic E-state index is -0.249. The number of para-hydroxylation sites is 1. The van der Waals surface area contributed by atoms with Crippen LogP contribution < -0.4 is 4.74 Å². The van der Waals surface area contributed by atoms with E-state index >= 15 is 0 Å². The molecule has 1 saturated heterocycles. The third-order valence-electron chi connectivity index (χ3n) is 4.75. The number of benzene rings is 2. The molecule has 0 spiro atoms. The standard InChI is InChI=1S/C23H21NO3S2/c1-16-6-4-7-17(12-16)15-27-20-10-3-2-8-18(20)13-21-22(25)24(23(28)29-21)14-19-9-5-11-26-19/h2-12,21H,13-15H2,1H3/t21-/m1/s1. The van der Waals surface area contributed by atoms with Gasteiger partial charge in [0.05, 0.1) is 18.1 Å². The average molecular weight is 424 g/mol. The van der Waals surface area contributed by atoms with Gasteiger partial charge < -0.3 is 9.15 Å². The van der Waals surface area contributed by atoms with Crippen molar-refractivity contribution in [3.8, 4) is 5.75 Å². The highest BCUT2D eigenvalue weighted by Crippen LogP contribution is 2.33. The van der Waals surface area contributed by atoms with Crippen molar-refractivity contribution in [3.05, 3.63) is 89.4 Å². The summed E-state index contributed by atoms with van der Waals surface area (Å²) in [5, 5.41) is -0.249. The summed E-state index contributed by atoms with van der Waals surface area (Å²) in [7, 11) is 0. The molecule has 4 rings (SSSR count). The number of ether oxygens (including phenoxy) is 1. The van der Waals surface area contributed by atoms with E-state index in [1.807, 2.05) is 42.5 Å². The summed E-state index contributed by atoms with van der Waals surface area (Å²) in [6.45, 7) is 2.94. The van der Waals surface area contributed by atoms with Crippen LogP contribution in [0.5, 0.6) is 5.75 Å². The fourth-order valence-corrected chi connectivity index (χ4v) is 4.82. The second-order valence-corrected chi connectivity index (χ2v) is 8.80. The maximum absolute atomic E-state index is 12.9. The SMILES string of the molecule is Cc1cccc(COc2ccccc2C[C@H]2SC(=S)N(Cc3ccco3)C2=O)c1. The first-order valence-corrected chi connectivity index (χ1v) is 10.7. The summed E-state index contributed by atoms with van der Waals surface area (Å²) in [6, 6.07) is 19.8. The third kappa shape index (κ3) is 4.71. The first kappa shape index (κ1) is 19.7. The molecule has 0 N–H and O–H groups in total. The van der Waals surface area contributed by atoms with Gasteiger partial charge >= 0.3 is 0 Å². The molecule has 0 aliphatic carbocycles. The van der Waals surface area contributed by atoms with Crippen molar-refractivity contribution >= 4 is 34.2 Å². The highest BCUT2D eigenvalue weighted by atomic mass is 32.2. The highest BCUT2D eigenvalue weighted by Gasteiger charge is 2.37. The number of hydrogen-bond donors (Lipinski definition) is 0. The lowest BCUT2D eigenvalue weighted by atomic mass is 10.1. The lowest BCUT2D eigenvalue weighted by Gasteiger charge is -2.15. The molecule has 1 aliphatic rings. The Labute approximate surface area is 179 Å². The number of nitrogens with zero attached hydrogens (tertiary/aromatic N) is 1. The normalized spacial score (nSPS) is 16.4. The molecule has 1 amide bonds. The number of amides is 1. The number of rotatable bonds is 7. The number of carbonyl (C=O) groups is 1. The van der Waals surface area contributed by atoms with Gasteiger partial charge in [0.1, 0.15) is 22.4 Å². The van der Waals surface area contributed by atoms with Crippen LogP contribution in [0.4, 0.5) is 0 Å².